The number of thioether (sulfide) groups is 1. The Morgan fingerprint density at radius 2 is 2.10 bits per heavy atom. The fraction of sp³-hybridized carbons (Fsp3) is 0.333. The highest BCUT2D eigenvalue weighted by molar-refractivity contribution is 7.98. The van der Waals surface area contributed by atoms with Crippen molar-refractivity contribution in [2.75, 3.05) is 6.54 Å². The second-order valence-electron chi connectivity index (χ2n) is 4.74. The molecule has 0 bridgehead atoms. The highest BCUT2D eigenvalue weighted by Crippen LogP contribution is 2.22. The average Bonchev–Trinajstić information content (AvgIpc) is 3.12. The van der Waals surface area contributed by atoms with E-state index in [1.165, 1.54) is 0 Å². The Balaban J connectivity index is 1.60. The molecule has 0 radical (unpaired) electrons. The third-order valence-corrected chi connectivity index (χ3v) is 4.03. The lowest BCUT2D eigenvalue weighted by Gasteiger charge is -2.00. The van der Waals surface area contributed by atoms with Gasteiger partial charge in [-0.2, -0.15) is 0 Å². The third-order valence-electron chi connectivity index (χ3n) is 3.07. The quantitative estimate of drug-likeness (QED) is 0.537. The number of aromatic nitrogens is 3. The van der Waals surface area contributed by atoms with Gasteiger partial charge in [0.25, 0.3) is 0 Å². The molecule has 0 spiro atoms. The molecule has 0 saturated carbocycles. The van der Waals surface area contributed by atoms with E-state index in [-0.39, 0.29) is 0 Å². The number of furan rings is 1. The molecule has 0 amide bonds. The molecule has 3 aromatic rings. The van der Waals surface area contributed by atoms with Crippen LogP contribution in [0.1, 0.15) is 24.9 Å². The molecule has 3 heterocycles. The van der Waals surface area contributed by atoms with E-state index in [9.17, 15) is 0 Å². The smallest absolute Gasteiger partial charge is 0.196 e. The van der Waals surface area contributed by atoms with Crippen molar-refractivity contribution < 1.29 is 4.42 Å². The Hall–Kier alpha value is -1.79. The van der Waals surface area contributed by atoms with Gasteiger partial charge in [-0.1, -0.05) is 24.8 Å². The van der Waals surface area contributed by atoms with Gasteiger partial charge < -0.3 is 9.73 Å². The first-order chi connectivity index (χ1) is 10.4. The highest BCUT2D eigenvalue weighted by atomic mass is 32.2. The van der Waals surface area contributed by atoms with E-state index in [1.807, 2.05) is 40.9 Å². The van der Waals surface area contributed by atoms with Crippen molar-refractivity contribution in [1.82, 2.24) is 19.9 Å². The number of nitrogens with one attached hydrogen (secondary N) is 1. The number of hydrogen-bond donors (Lipinski definition) is 1. The Bertz CT molecular complexity index is 706. The van der Waals surface area contributed by atoms with E-state index in [4.69, 9.17) is 4.42 Å². The van der Waals surface area contributed by atoms with Crippen LogP contribution in [0.5, 0.6) is 0 Å². The van der Waals surface area contributed by atoms with Gasteiger partial charge in [-0.05, 0) is 37.2 Å². The topological polar surface area (TPSA) is 55.4 Å². The molecule has 3 aromatic heterocycles. The minimum Gasteiger partial charge on any atom is -0.464 e. The molecule has 0 aliphatic heterocycles. The van der Waals surface area contributed by atoms with E-state index in [1.54, 1.807) is 11.8 Å². The Kier molecular flexibility index (Phi) is 4.57. The summed E-state index contributed by atoms with van der Waals surface area (Å²) in [6.07, 6.45) is 3.10. The van der Waals surface area contributed by atoms with Crippen LogP contribution in [0.25, 0.3) is 5.65 Å². The molecule has 110 valence electrons. The third kappa shape index (κ3) is 3.46. The number of nitrogens with zero attached hydrogens (tertiary/aromatic N) is 3. The zero-order chi connectivity index (χ0) is 14.5. The van der Waals surface area contributed by atoms with E-state index in [0.717, 1.165) is 47.6 Å². The van der Waals surface area contributed by atoms with Crippen molar-refractivity contribution in [3.8, 4) is 0 Å². The highest BCUT2D eigenvalue weighted by Gasteiger charge is 2.08. The molecule has 3 rings (SSSR count). The first kappa shape index (κ1) is 14.2. The summed E-state index contributed by atoms with van der Waals surface area (Å²) in [7, 11) is 0. The summed E-state index contributed by atoms with van der Waals surface area (Å²) >= 11 is 1.63. The normalized spacial score (nSPS) is 11.3. The van der Waals surface area contributed by atoms with Crippen molar-refractivity contribution in [1.29, 1.82) is 0 Å². The molecule has 21 heavy (non-hydrogen) atoms. The Morgan fingerprint density at radius 1 is 1.19 bits per heavy atom. The monoisotopic (exact) mass is 302 g/mol. The first-order valence-corrected chi connectivity index (χ1v) is 8.06. The molecule has 6 heteroatoms. The maximum Gasteiger partial charge on any atom is 0.196 e. The molecule has 0 saturated heterocycles. The zero-order valence-electron chi connectivity index (χ0n) is 12.0. The SMILES string of the molecule is CCCNCc1ccc(CSc2nnc3ccccn23)o1. The van der Waals surface area contributed by atoms with Crippen LogP contribution in [-0.4, -0.2) is 21.1 Å². The molecule has 0 aromatic carbocycles. The molecule has 0 fully saturated rings. The number of pyridine rings is 1. The van der Waals surface area contributed by atoms with Crippen molar-refractivity contribution in [3.63, 3.8) is 0 Å². The van der Waals surface area contributed by atoms with Crippen molar-refractivity contribution >= 4 is 17.4 Å². The molecular formula is C15H18N4OS. The van der Waals surface area contributed by atoms with E-state index >= 15 is 0 Å². The number of rotatable bonds is 7. The van der Waals surface area contributed by atoms with E-state index in [2.05, 4.69) is 22.4 Å². The zero-order valence-corrected chi connectivity index (χ0v) is 12.8. The van der Waals surface area contributed by atoms with Crippen LogP contribution in [0, 0.1) is 0 Å². The number of fused-ring (bicyclic) bond motifs is 1. The maximum absolute atomic E-state index is 5.80. The van der Waals surface area contributed by atoms with Crippen molar-refractivity contribution in [3.05, 3.63) is 48.0 Å². The predicted molar refractivity (Wildman–Crippen MR) is 83.3 cm³/mol. The largest absolute Gasteiger partial charge is 0.464 e. The molecule has 0 aliphatic carbocycles. The predicted octanol–water partition coefficient (Wildman–Crippen LogP) is 3.11. The van der Waals surface area contributed by atoms with Crippen LogP contribution in [-0.2, 0) is 12.3 Å². The van der Waals surface area contributed by atoms with Gasteiger partial charge in [-0.15, -0.1) is 10.2 Å². The van der Waals surface area contributed by atoms with Gasteiger partial charge in [-0.25, -0.2) is 0 Å². The van der Waals surface area contributed by atoms with Gasteiger partial charge in [0.05, 0.1) is 12.3 Å². The van der Waals surface area contributed by atoms with Crippen molar-refractivity contribution in [2.24, 2.45) is 0 Å². The molecule has 0 atom stereocenters. The van der Waals surface area contributed by atoms with Gasteiger partial charge in [0, 0.05) is 6.20 Å². The standard InChI is InChI=1S/C15H18N4OS/c1-2-8-16-10-12-6-7-13(20-12)11-21-15-18-17-14-5-3-4-9-19(14)15/h3-7,9,16H,2,8,10-11H2,1H3. The van der Waals surface area contributed by atoms with Crippen LogP contribution < -0.4 is 5.32 Å². The fourth-order valence-corrected chi connectivity index (χ4v) is 2.86. The summed E-state index contributed by atoms with van der Waals surface area (Å²) < 4.78 is 7.78. The van der Waals surface area contributed by atoms with Gasteiger partial charge in [-0.3, -0.25) is 4.40 Å². The molecule has 0 unspecified atom stereocenters. The molecule has 5 nitrogen and oxygen atoms in total. The lowest BCUT2D eigenvalue weighted by molar-refractivity contribution is 0.459. The summed E-state index contributed by atoms with van der Waals surface area (Å²) in [5.41, 5.74) is 0.865. The van der Waals surface area contributed by atoms with Crippen LogP contribution in [0.4, 0.5) is 0 Å². The first-order valence-electron chi connectivity index (χ1n) is 7.07. The van der Waals surface area contributed by atoms with Crippen LogP contribution >= 0.6 is 11.8 Å². The summed E-state index contributed by atoms with van der Waals surface area (Å²) in [5.74, 6) is 2.69. The van der Waals surface area contributed by atoms with Crippen LogP contribution in [0.3, 0.4) is 0 Å². The molecule has 1 N–H and O–H groups in total. The maximum atomic E-state index is 5.80. The summed E-state index contributed by atoms with van der Waals surface area (Å²) in [4.78, 5) is 0. The lowest BCUT2D eigenvalue weighted by atomic mass is 10.4. The number of hydrogen-bond acceptors (Lipinski definition) is 5. The summed E-state index contributed by atoms with van der Waals surface area (Å²) in [6, 6.07) is 9.94. The van der Waals surface area contributed by atoms with Crippen LogP contribution in [0.2, 0.25) is 0 Å². The van der Waals surface area contributed by atoms with Gasteiger partial charge >= 0.3 is 0 Å². The second kappa shape index (κ2) is 6.78. The van der Waals surface area contributed by atoms with E-state index in [0.29, 0.717) is 0 Å². The lowest BCUT2D eigenvalue weighted by Crippen LogP contribution is -2.12. The minimum atomic E-state index is 0.753. The fourth-order valence-electron chi connectivity index (χ4n) is 2.04. The van der Waals surface area contributed by atoms with Gasteiger partial charge in [0.15, 0.2) is 10.8 Å². The summed E-state index contributed by atoms with van der Waals surface area (Å²) in [5, 5.41) is 12.6. The van der Waals surface area contributed by atoms with Gasteiger partial charge in [0.2, 0.25) is 0 Å². The van der Waals surface area contributed by atoms with Gasteiger partial charge in [0.1, 0.15) is 11.5 Å². The Labute approximate surface area is 127 Å². The second-order valence-corrected chi connectivity index (χ2v) is 5.69. The molecule has 0 aliphatic rings. The molecular weight excluding hydrogens is 284 g/mol. The van der Waals surface area contributed by atoms with Crippen LogP contribution in [0.15, 0.2) is 46.1 Å². The van der Waals surface area contributed by atoms with Crippen molar-refractivity contribution in [2.45, 2.75) is 30.8 Å². The minimum absolute atomic E-state index is 0.753. The summed E-state index contributed by atoms with van der Waals surface area (Å²) in [6.45, 7) is 3.95. The van der Waals surface area contributed by atoms with E-state index < -0.39 is 0 Å². The Morgan fingerprint density at radius 3 is 3.00 bits per heavy atom. The average molecular weight is 302 g/mol.